The first-order chi connectivity index (χ1) is 9.25. The van der Waals surface area contributed by atoms with Crippen LogP contribution in [0, 0.1) is 5.92 Å². The molecule has 2 nitrogen and oxygen atoms in total. The Morgan fingerprint density at radius 2 is 1.68 bits per heavy atom. The SMILES string of the molecule is CC1Nc2ccccc2C(=O)C1Cc1ccccc1. The molecule has 0 spiro atoms. The van der Waals surface area contributed by atoms with Crippen LogP contribution < -0.4 is 5.32 Å². The van der Waals surface area contributed by atoms with Gasteiger partial charge in [0.15, 0.2) is 5.78 Å². The minimum atomic E-state index is 0.0114. The summed E-state index contributed by atoms with van der Waals surface area (Å²) in [6.07, 6.45) is 0.794. The lowest BCUT2D eigenvalue weighted by Crippen LogP contribution is -2.38. The number of benzene rings is 2. The van der Waals surface area contributed by atoms with Crippen molar-refractivity contribution in [2.24, 2.45) is 5.92 Å². The van der Waals surface area contributed by atoms with Crippen molar-refractivity contribution in [3.05, 3.63) is 65.7 Å². The van der Waals surface area contributed by atoms with E-state index in [-0.39, 0.29) is 17.7 Å². The van der Waals surface area contributed by atoms with Crippen LogP contribution >= 0.6 is 0 Å². The van der Waals surface area contributed by atoms with E-state index >= 15 is 0 Å². The number of rotatable bonds is 2. The lowest BCUT2D eigenvalue weighted by atomic mass is 9.82. The van der Waals surface area contributed by atoms with E-state index < -0.39 is 0 Å². The summed E-state index contributed by atoms with van der Waals surface area (Å²) >= 11 is 0. The summed E-state index contributed by atoms with van der Waals surface area (Å²) in [4.78, 5) is 12.6. The molecular formula is C17H17NO. The largest absolute Gasteiger partial charge is 0.381 e. The average Bonchev–Trinajstić information content (AvgIpc) is 2.45. The minimum absolute atomic E-state index is 0.0114. The van der Waals surface area contributed by atoms with Gasteiger partial charge in [-0.25, -0.2) is 0 Å². The lowest BCUT2D eigenvalue weighted by molar-refractivity contribution is 0.0902. The second-order valence-electron chi connectivity index (χ2n) is 5.14. The van der Waals surface area contributed by atoms with Gasteiger partial charge >= 0.3 is 0 Å². The van der Waals surface area contributed by atoms with Crippen molar-refractivity contribution in [2.45, 2.75) is 19.4 Å². The predicted octanol–water partition coefficient (Wildman–Crippen LogP) is 3.54. The minimum Gasteiger partial charge on any atom is -0.381 e. The molecule has 0 aromatic heterocycles. The zero-order valence-electron chi connectivity index (χ0n) is 11.0. The van der Waals surface area contributed by atoms with Gasteiger partial charge in [0.25, 0.3) is 0 Å². The number of fused-ring (bicyclic) bond motifs is 1. The van der Waals surface area contributed by atoms with Crippen molar-refractivity contribution in [1.29, 1.82) is 0 Å². The third-order valence-corrected chi connectivity index (χ3v) is 3.81. The van der Waals surface area contributed by atoms with Gasteiger partial charge in [-0.15, -0.1) is 0 Å². The summed E-state index contributed by atoms with van der Waals surface area (Å²) in [5.41, 5.74) is 3.00. The van der Waals surface area contributed by atoms with E-state index in [1.807, 2.05) is 42.5 Å². The number of para-hydroxylation sites is 1. The zero-order valence-corrected chi connectivity index (χ0v) is 11.0. The summed E-state index contributed by atoms with van der Waals surface area (Å²) in [5, 5.41) is 3.44. The quantitative estimate of drug-likeness (QED) is 0.884. The molecule has 3 rings (SSSR count). The highest BCUT2D eigenvalue weighted by Gasteiger charge is 2.32. The van der Waals surface area contributed by atoms with E-state index in [2.05, 4.69) is 24.4 Å². The standard InChI is InChI=1S/C17H17NO/c1-12-15(11-13-7-3-2-4-8-13)17(19)14-9-5-6-10-16(14)18-12/h2-10,12,15,18H,11H2,1H3. The van der Waals surface area contributed by atoms with Crippen LogP contribution in [-0.4, -0.2) is 11.8 Å². The number of Topliss-reactive ketones (excluding diaryl/α,β-unsaturated/α-hetero) is 1. The Morgan fingerprint density at radius 3 is 2.47 bits per heavy atom. The zero-order chi connectivity index (χ0) is 13.2. The number of hydrogen-bond donors (Lipinski definition) is 1. The lowest BCUT2D eigenvalue weighted by Gasteiger charge is -2.31. The summed E-state index contributed by atoms with van der Waals surface area (Å²) < 4.78 is 0. The van der Waals surface area contributed by atoms with Crippen molar-refractivity contribution in [3.8, 4) is 0 Å². The van der Waals surface area contributed by atoms with E-state index in [0.29, 0.717) is 0 Å². The van der Waals surface area contributed by atoms with Gasteiger partial charge in [-0.05, 0) is 31.0 Å². The van der Waals surface area contributed by atoms with E-state index in [4.69, 9.17) is 0 Å². The van der Waals surface area contributed by atoms with Crippen LogP contribution in [0.15, 0.2) is 54.6 Å². The molecule has 1 aliphatic rings. The molecule has 0 amide bonds. The second-order valence-corrected chi connectivity index (χ2v) is 5.14. The van der Waals surface area contributed by atoms with Gasteiger partial charge in [0.2, 0.25) is 0 Å². The van der Waals surface area contributed by atoms with E-state index in [0.717, 1.165) is 17.7 Å². The molecule has 1 N–H and O–H groups in total. The Kier molecular flexibility index (Phi) is 3.08. The van der Waals surface area contributed by atoms with Crippen LogP contribution in [0.3, 0.4) is 0 Å². The highest BCUT2D eigenvalue weighted by Crippen LogP contribution is 2.30. The fourth-order valence-corrected chi connectivity index (χ4v) is 2.73. The molecule has 96 valence electrons. The van der Waals surface area contributed by atoms with Crippen LogP contribution in [0.2, 0.25) is 0 Å². The van der Waals surface area contributed by atoms with Crippen molar-refractivity contribution in [2.75, 3.05) is 5.32 Å². The molecule has 2 unspecified atom stereocenters. The summed E-state index contributed by atoms with van der Waals surface area (Å²) in [5.74, 6) is 0.267. The average molecular weight is 251 g/mol. The van der Waals surface area contributed by atoms with Crippen molar-refractivity contribution < 1.29 is 4.79 Å². The molecule has 19 heavy (non-hydrogen) atoms. The molecule has 1 aliphatic heterocycles. The predicted molar refractivity (Wildman–Crippen MR) is 77.5 cm³/mol. The van der Waals surface area contributed by atoms with Crippen molar-refractivity contribution >= 4 is 11.5 Å². The maximum atomic E-state index is 12.6. The molecule has 0 fully saturated rings. The molecule has 2 aromatic carbocycles. The van der Waals surface area contributed by atoms with Crippen LogP contribution in [0.4, 0.5) is 5.69 Å². The number of ketones is 1. The van der Waals surface area contributed by atoms with Gasteiger partial charge in [0.05, 0.1) is 0 Å². The van der Waals surface area contributed by atoms with Gasteiger partial charge in [-0.2, -0.15) is 0 Å². The monoisotopic (exact) mass is 251 g/mol. The van der Waals surface area contributed by atoms with Gasteiger partial charge in [0, 0.05) is 23.2 Å². The topological polar surface area (TPSA) is 29.1 Å². The fraction of sp³-hybridized carbons (Fsp3) is 0.235. The highest BCUT2D eigenvalue weighted by molar-refractivity contribution is 6.05. The molecule has 1 heterocycles. The van der Waals surface area contributed by atoms with Crippen LogP contribution in [0.1, 0.15) is 22.8 Å². The Labute approximate surface area is 113 Å². The molecule has 2 atom stereocenters. The number of anilines is 1. The molecular weight excluding hydrogens is 234 g/mol. The second kappa shape index (κ2) is 4.88. The molecule has 0 saturated carbocycles. The summed E-state index contributed by atoms with van der Waals surface area (Å²) in [7, 11) is 0. The Bertz CT molecular complexity index is 591. The third-order valence-electron chi connectivity index (χ3n) is 3.81. The number of nitrogens with one attached hydrogen (secondary N) is 1. The summed E-state index contributed by atoms with van der Waals surface area (Å²) in [6.45, 7) is 2.08. The van der Waals surface area contributed by atoms with E-state index in [1.165, 1.54) is 5.56 Å². The maximum Gasteiger partial charge on any atom is 0.170 e. The van der Waals surface area contributed by atoms with Gasteiger partial charge in [-0.3, -0.25) is 4.79 Å². The number of hydrogen-bond acceptors (Lipinski definition) is 2. The molecule has 0 bridgehead atoms. The first-order valence-corrected chi connectivity index (χ1v) is 6.69. The maximum absolute atomic E-state index is 12.6. The Hall–Kier alpha value is -2.09. The van der Waals surface area contributed by atoms with Gasteiger partial charge in [-0.1, -0.05) is 42.5 Å². The van der Waals surface area contributed by atoms with Crippen molar-refractivity contribution in [3.63, 3.8) is 0 Å². The number of carbonyl (C=O) groups is 1. The first-order valence-electron chi connectivity index (χ1n) is 6.69. The van der Waals surface area contributed by atoms with E-state index in [1.54, 1.807) is 0 Å². The Balaban J connectivity index is 1.89. The molecule has 0 saturated heterocycles. The van der Waals surface area contributed by atoms with Crippen LogP contribution in [0.25, 0.3) is 0 Å². The molecule has 2 heteroatoms. The molecule has 0 radical (unpaired) electrons. The van der Waals surface area contributed by atoms with Crippen LogP contribution in [-0.2, 0) is 6.42 Å². The fourth-order valence-electron chi connectivity index (χ4n) is 2.73. The highest BCUT2D eigenvalue weighted by atomic mass is 16.1. The normalized spacial score (nSPS) is 21.6. The smallest absolute Gasteiger partial charge is 0.170 e. The van der Waals surface area contributed by atoms with Crippen molar-refractivity contribution in [1.82, 2.24) is 0 Å². The first kappa shape index (κ1) is 12.0. The van der Waals surface area contributed by atoms with Crippen LogP contribution in [0.5, 0.6) is 0 Å². The molecule has 0 aliphatic carbocycles. The Morgan fingerprint density at radius 1 is 1.00 bits per heavy atom. The summed E-state index contributed by atoms with van der Waals surface area (Å²) in [6, 6.07) is 18.2. The molecule has 2 aromatic rings. The number of carbonyl (C=O) groups excluding carboxylic acids is 1. The van der Waals surface area contributed by atoms with Gasteiger partial charge < -0.3 is 5.32 Å². The van der Waals surface area contributed by atoms with E-state index in [9.17, 15) is 4.79 Å². The van der Waals surface area contributed by atoms with Gasteiger partial charge in [0.1, 0.15) is 0 Å². The third kappa shape index (κ3) is 2.26.